The summed E-state index contributed by atoms with van der Waals surface area (Å²) >= 11 is 0. The Balaban J connectivity index is 2.18. The van der Waals surface area contributed by atoms with E-state index >= 15 is 0 Å². The highest BCUT2D eigenvalue weighted by Crippen LogP contribution is 2.35. The molecular formula is C14H16N2O5. The molecule has 0 N–H and O–H groups in total. The number of ether oxygens (including phenoxy) is 1. The van der Waals surface area contributed by atoms with Gasteiger partial charge in [0.15, 0.2) is 6.61 Å². The van der Waals surface area contributed by atoms with E-state index in [-0.39, 0.29) is 24.0 Å². The molecule has 0 spiro atoms. The molecule has 1 aliphatic rings. The first-order valence-corrected chi connectivity index (χ1v) is 6.76. The van der Waals surface area contributed by atoms with Crippen molar-refractivity contribution in [3.63, 3.8) is 0 Å². The third-order valence-corrected chi connectivity index (χ3v) is 3.33. The van der Waals surface area contributed by atoms with Crippen molar-refractivity contribution in [3.05, 3.63) is 28.3 Å². The molecule has 0 aliphatic carbocycles. The van der Waals surface area contributed by atoms with E-state index in [9.17, 15) is 19.7 Å². The summed E-state index contributed by atoms with van der Waals surface area (Å²) in [6, 6.07) is 4.16. The Morgan fingerprint density at radius 1 is 1.48 bits per heavy atom. The Morgan fingerprint density at radius 2 is 2.24 bits per heavy atom. The Kier molecular flexibility index (Phi) is 4.52. The number of carbonyl (C=O) groups is 2. The fourth-order valence-corrected chi connectivity index (χ4v) is 2.16. The van der Waals surface area contributed by atoms with E-state index in [0.29, 0.717) is 37.2 Å². The van der Waals surface area contributed by atoms with Crippen LogP contribution in [0.4, 0.5) is 11.4 Å². The fourth-order valence-electron chi connectivity index (χ4n) is 2.16. The molecule has 7 nitrogen and oxygen atoms in total. The van der Waals surface area contributed by atoms with E-state index in [0.717, 1.165) is 0 Å². The average Bonchev–Trinajstić information content (AvgIpc) is 2.48. The third kappa shape index (κ3) is 3.36. The number of nitro benzene ring substituents is 1. The summed E-state index contributed by atoms with van der Waals surface area (Å²) in [4.78, 5) is 35.0. The predicted molar refractivity (Wildman–Crippen MR) is 75.5 cm³/mol. The maximum Gasteiger partial charge on any atom is 0.271 e. The summed E-state index contributed by atoms with van der Waals surface area (Å²) in [7, 11) is 0. The highest BCUT2D eigenvalue weighted by Gasteiger charge is 2.27. The van der Waals surface area contributed by atoms with Gasteiger partial charge < -0.3 is 9.64 Å². The van der Waals surface area contributed by atoms with Gasteiger partial charge in [-0.3, -0.25) is 19.7 Å². The highest BCUT2D eigenvalue weighted by molar-refractivity contribution is 5.98. The van der Waals surface area contributed by atoms with Crippen molar-refractivity contribution in [1.82, 2.24) is 0 Å². The second-order valence-corrected chi connectivity index (χ2v) is 4.74. The lowest BCUT2D eigenvalue weighted by molar-refractivity contribution is -0.384. The smallest absolute Gasteiger partial charge is 0.271 e. The van der Waals surface area contributed by atoms with Crippen LogP contribution in [0.2, 0.25) is 0 Å². The predicted octanol–water partition coefficient (Wildman–Crippen LogP) is 2.08. The van der Waals surface area contributed by atoms with Gasteiger partial charge in [0.25, 0.3) is 11.6 Å². The zero-order valence-corrected chi connectivity index (χ0v) is 11.7. The van der Waals surface area contributed by atoms with Gasteiger partial charge in [0.1, 0.15) is 11.5 Å². The summed E-state index contributed by atoms with van der Waals surface area (Å²) in [6.07, 6.45) is 1.39. The Hall–Kier alpha value is -2.44. The first kappa shape index (κ1) is 15.0. The molecule has 0 saturated carbocycles. The number of amides is 1. The van der Waals surface area contributed by atoms with Crippen LogP contribution in [0.25, 0.3) is 0 Å². The Morgan fingerprint density at radius 3 is 2.90 bits per heavy atom. The van der Waals surface area contributed by atoms with E-state index in [2.05, 4.69) is 0 Å². The van der Waals surface area contributed by atoms with Crippen LogP contribution in [-0.4, -0.2) is 29.8 Å². The molecule has 1 aromatic carbocycles. The number of ketones is 1. The van der Waals surface area contributed by atoms with Crippen molar-refractivity contribution in [1.29, 1.82) is 0 Å². The molecule has 112 valence electrons. The number of benzene rings is 1. The molecule has 1 aliphatic heterocycles. The van der Waals surface area contributed by atoms with Crippen molar-refractivity contribution >= 4 is 23.1 Å². The molecule has 2 rings (SSSR count). The number of hydrogen-bond acceptors (Lipinski definition) is 5. The topological polar surface area (TPSA) is 89.8 Å². The monoisotopic (exact) mass is 292 g/mol. The van der Waals surface area contributed by atoms with Crippen molar-refractivity contribution in [3.8, 4) is 5.75 Å². The zero-order valence-electron chi connectivity index (χ0n) is 11.7. The summed E-state index contributed by atoms with van der Waals surface area (Å²) in [5.74, 6) is 0.323. The molecule has 0 saturated heterocycles. The van der Waals surface area contributed by atoms with Gasteiger partial charge in [-0.15, -0.1) is 0 Å². The molecule has 0 unspecified atom stereocenters. The van der Waals surface area contributed by atoms with Gasteiger partial charge in [-0.25, -0.2) is 0 Å². The van der Waals surface area contributed by atoms with E-state index < -0.39 is 4.92 Å². The van der Waals surface area contributed by atoms with Crippen LogP contribution in [0.3, 0.4) is 0 Å². The minimum absolute atomic E-state index is 0.0907. The molecule has 21 heavy (non-hydrogen) atoms. The van der Waals surface area contributed by atoms with Crippen molar-refractivity contribution in [2.24, 2.45) is 0 Å². The SMILES string of the molecule is CCC(=O)CCCN1C(=O)COc2ccc([N+](=O)[O-])cc21. The van der Waals surface area contributed by atoms with Crippen LogP contribution < -0.4 is 9.64 Å². The Bertz CT molecular complexity index is 585. The molecule has 7 heteroatoms. The second kappa shape index (κ2) is 6.34. The molecule has 0 radical (unpaired) electrons. The number of carbonyl (C=O) groups excluding carboxylic acids is 2. The third-order valence-electron chi connectivity index (χ3n) is 3.33. The van der Waals surface area contributed by atoms with Gasteiger partial charge in [0, 0.05) is 31.5 Å². The lowest BCUT2D eigenvalue weighted by Gasteiger charge is -2.29. The number of Topliss-reactive ketones (excluding diaryl/α,β-unsaturated/α-hetero) is 1. The van der Waals surface area contributed by atoms with Gasteiger partial charge in [0.2, 0.25) is 0 Å². The lowest BCUT2D eigenvalue weighted by atomic mass is 10.1. The quantitative estimate of drug-likeness (QED) is 0.591. The molecule has 0 fully saturated rings. The van der Waals surface area contributed by atoms with Crippen LogP contribution in [0.5, 0.6) is 5.75 Å². The molecule has 0 aromatic heterocycles. The largest absolute Gasteiger partial charge is 0.482 e. The molecular weight excluding hydrogens is 276 g/mol. The summed E-state index contributed by atoms with van der Waals surface area (Å²) in [5.41, 5.74) is 0.297. The summed E-state index contributed by atoms with van der Waals surface area (Å²) < 4.78 is 5.27. The standard InChI is InChI=1S/C14H16N2O5/c1-2-11(17)4-3-7-15-12-8-10(16(19)20)5-6-13(12)21-9-14(15)18/h5-6,8H,2-4,7,9H2,1H3. The molecule has 0 atom stereocenters. The van der Waals surface area contributed by atoms with E-state index in [1.165, 1.54) is 23.1 Å². The Labute approximate surface area is 121 Å². The highest BCUT2D eigenvalue weighted by atomic mass is 16.6. The van der Waals surface area contributed by atoms with Crippen molar-refractivity contribution < 1.29 is 19.2 Å². The summed E-state index contributed by atoms with van der Waals surface area (Å²) in [6.45, 7) is 2.05. The van der Waals surface area contributed by atoms with Gasteiger partial charge >= 0.3 is 0 Å². The van der Waals surface area contributed by atoms with Gasteiger partial charge in [-0.1, -0.05) is 6.92 Å². The van der Waals surface area contributed by atoms with Crippen LogP contribution in [-0.2, 0) is 9.59 Å². The molecule has 1 aromatic rings. The minimum Gasteiger partial charge on any atom is -0.482 e. The van der Waals surface area contributed by atoms with Gasteiger partial charge in [0.05, 0.1) is 10.6 Å². The number of non-ortho nitro benzene ring substituents is 1. The maximum atomic E-state index is 11.9. The first-order chi connectivity index (χ1) is 10.0. The zero-order chi connectivity index (χ0) is 15.4. The normalized spacial score (nSPS) is 13.6. The number of nitrogens with zero attached hydrogens (tertiary/aromatic N) is 2. The van der Waals surface area contributed by atoms with E-state index in [4.69, 9.17) is 4.74 Å². The van der Waals surface area contributed by atoms with Crippen LogP contribution in [0.1, 0.15) is 26.2 Å². The van der Waals surface area contributed by atoms with E-state index in [1.54, 1.807) is 6.92 Å². The van der Waals surface area contributed by atoms with Crippen molar-refractivity contribution in [2.45, 2.75) is 26.2 Å². The van der Waals surface area contributed by atoms with E-state index in [1.807, 2.05) is 0 Å². The van der Waals surface area contributed by atoms with Crippen molar-refractivity contribution in [2.75, 3.05) is 18.1 Å². The van der Waals surface area contributed by atoms with Crippen LogP contribution >= 0.6 is 0 Å². The number of anilines is 1. The molecule has 1 amide bonds. The van der Waals surface area contributed by atoms with Gasteiger partial charge in [-0.05, 0) is 12.5 Å². The number of fused-ring (bicyclic) bond motifs is 1. The molecule has 1 heterocycles. The first-order valence-electron chi connectivity index (χ1n) is 6.76. The van der Waals surface area contributed by atoms with Crippen LogP contribution in [0.15, 0.2) is 18.2 Å². The number of hydrogen-bond donors (Lipinski definition) is 0. The average molecular weight is 292 g/mol. The number of rotatable bonds is 6. The van der Waals surface area contributed by atoms with Crippen LogP contribution in [0, 0.1) is 10.1 Å². The van der Waals surface area contributed by atoms with Gasteiger partial charge in [-0.2, -0.15) is 0 Å². The maximum absolute atomic E-state index is 11.9. The minimum atomic E-state index is -0.516. The molecule has 0 bridgehead atoms. The summed E-state index contributed by atoms with van der Waals surface area (Å²) in [5, 5.41) is 10.8. The number of nitro groups is 1. The lowest BCUT2D eigenvalue weighted by Crippen LogP contribution is -2.39. The second-order valence-electron chi connectivity index (χ2n) is 4.74. The fraction of sp³-hybridized carbons (Fsp3) is 0.429.